The first-order chi connectivity index (χ1) is 9.93. The van der Waals surface area contributed by atoms with Crippen LogP contribution in [0.15, 0.2) is 65.6 Å². The molecular formula is C17H19NOS. The number of hydrogen-bond acceptors (Lipinski definition) is 3. The highest BCUT2D eigenvalue weighted by atomic mass is 32.2. The second kappa shape index (κ2) is 6.93. The average molecular weight is 285 g/mol. The predicted molar refractivity (Wildman–Crippen MR) is 84.1 cm³/mol. The molecule has 0 aliphatic carbocycles. The highest BCUT2D eigenvalue weighted by Crippen LogP contribution is 2.39. The molecule has 0 amide bonds. The van der Waals surface area contributed by atoms with Crippen LogP contribution in [-0.4, -0.2) is 25.8 Å². The summed E-state index contributed by atoms with van der Waals surface area (Å²) in [5.41, 5.74) is 1.33. The van der Waals surface area contributed by atoms with E-state index in [2.05, 4.69) is 66.0 Å². The molecule has 0 saturated carbocycles. The van der Waals surface area contributed by atoms with Gasteiger partial charge in [0.25, 0.3) is 0 Å². The third-order valence-corrected chi connectivity index (χ3v) is 4.80. The van der Waals surface area contributed by atoms with Gasteiger partial charge in [0, 0.05) is 18.0 Å². The van der Waals surface area contributed by atoms with Gasteiger partial charge in [0.2, 0.25) is 0 Å². The zero-order chi connectivity index (χ0) is 13.6. The second-order valence-electron chi connectivity index (χ2n) is 4.88. The van der Waals surface area contributed by atoms with E-state index in [1.807, 2.05) is 11.8 Å². The maximum atomic E-state index is 5.98. The Morgan fingerprint density at radius 1 is 1.00 bits per heavy atom. The molecule has 0 aromatic heterocycles. The highest BCUT2D eigenvalue weighted by Gasteiger charge is 2.26. The minimum atomic E-state index is 0.219. The lowest BCUT2D eigenvalue weighted by molar-refractivity contribution is 0.0273. The molecule has 0 radical (unpaired) electrons. The molecule has 1 N–H and O–H groups in total. The summed E-state index contributed by atoms with van der Waals surface area (Å²) in [4.78, 5) is 1.29. The lowest BCUT2D eigenvalue weighted by Crippen LogP contribution is -2.41. The molecule has 1 aliphatic heterocycles. The van der Waals surface area contributed by atoms with Crippen molar-refractivity contribution in [3.05, 3.63) is 66.2 Å². The largest absolute Gasteiger partial charge is 0.374 e. The zero-order valence-corrected chi connectivity index (χ0v) is 12.2. The molecule has 3 heteroatoms. The number of nitrogens with one attached hydrogen (secondary N) is 1. The number of ether oxygens (including phenoxy) is 1. The summed E-state index contributed by atoms with van der Waals surface area (Å²) in [6, 6.07) is 21.2. The Balaban J connectivity index is 1.83. The third-order valence-electron chi connectivity index (χ3n) is 3.43. The first kappa shape index (κ1) is 13.7. The van der Waals surface area contributed by atoms with Crippen LogP contribution in [0.5, 0.6) is 0 Å². The van der Waals surface area contributed by atoms with Gasteiger partial charge in [0.15, 0.2) is 0 Å². The topological polar surface area (TPSA) is 21.3 Å². The molecule has 1 fully saturated rings. The Labute approximate surface area is 124 Å². The van der Waals surface area contributed by atoms with E-state index >= 15 is 0 Å². The van der Waals surface area contributed by atoms with E-state index in [-0.39, 0.29) is 6.10 Å². The van der Waals surface area contributed by atoms with Crippen LogP contribution in [0.3, 0.4) is 0 Å². The van der Waals surface area contributed by atoms with Gasteiger partial charge < -0.3 is 10.1 Å². The number of morpholine rings is 1. The van der Waals surface area contributed by atoms with Crippen LogP contribution in [-0.2, 0) is 4.74 Å². The molecule has 0 unspecified atom stereocenters. The molecule has 1 aliphatic rings. The number of thioether (sulfide) groups is 1. The minimum absolute atomic E-state index is 0.219. The van der Waals surface area contributed by atoms with E-state index in [1.54, 1.807) is 0 Å². The van der Waals surface area contributed by atoms with Gasteiger partial charge in [-0.3, -0.25) is 0 Å². The second-order valence-corrected chi connectivity index (χ2v) is 6.09. The van der Waals surface area contributed by atoms with Crippen molar-refractivity contribution in [3.8, 4) is 0 Å². The molecule has 104 valence electrons. The summed E-state index contributed by atoms with van der Waals surface area (Å²) in [7, 11) is 0. The molecule has 3 rings (SSSR count). The fraction of sp³-hybridized carbons (Fsp3) is 0.294. The van der Waals surface area contributed by atoms with Crippen molar-refractivity contribution < 1.29 is 4.74 Å². The summed E-state index contributed by atoms with van der Waals surface area (Å²) in [6.45, 7) is 2.66. The van der Waals surface area contributed by atoms with Crippen LogP contribution in [0.4, 0.5) is 0 Å². The molecule has 20 heavy (non-hydrogen) atoms. The lowest BCUT2D eigenvalue weighted by Gasteiger charge is -2.31. The molecule has 2 aromatic carbocycles. The molecule has 1 saturated heterocycles. The maximum Gasteiger partial charge on any atom is 0.0862 e. The number of hydrogen-bond donors (Lipinski definition) is 1. The van der Waals surface area contributed by atoms with Crippen LogP contribution in [0.1, 0.15) is 10.8 Å². The van der Waals surface area contributed by atoms with Crippen molar-refractivity contribution in [3.63, 3.8) is 0 Å². The average Bonchev–Trinajstić information content (AvgIpc) is 2.55. The van der Waals surface area contributed by atoms with Gasteiger partial charge in [-0.05, 0) is 17.7 Å². The zero-order valence-electron chi connectivity index (χ0n) is 11.4. The minimum Gasteiger partial charge on any atom is -0.374 e. The van der Waals surface area contributed by atoms with Crippen molar-refractivity contribution in [2.75, 3.05) is 19.7 Å². The fourth-order valence-electron chi connectivity index (χ4n) is 2.43. The van der Waals surface area contributed by atoms with Crippen molar-refractivity contribution in [2.45, 2.75) is 16.2 Å². The first-order valence-corrected chi connectivity index (χ1v) is 7.90. The maximum absolute atomic E-state index is 5.98. The summed E-state index contributed by atoms with van der Waals surface area (Å²) in [6.07, 6.45) is 0.219. The van der Waals surface area contributed by atoms with Crippen molar-refractivity contribution in [1.29, 1.82) is 0 Å². The van der Waals surface area contributed by atoms with E-state index in [0.29, 0.717) is 5.25 Å². The molecular weight excluding hydrogens is 266 g/mol. The summed E-state index contributed by atoms with van der Waals surface area (Å²) in [5.74, 6) is 0. The van der Waals surface area contributed by atoms with Crippen LogP contribution in [0.25, 0.3) is 0 Å². The van der Waals surface area contributed by atoms with Crippen LogP contribution in [0.2, 0.25) is 0 Å². The van der Waals surface area contributed by atoms with E-state index in [4.69, 9.17) is 4.74 Å². The molecule has 2 aromatic rings. The van der Waals surface area contributed by atoms with Crippen molar-refractivity contribution in [2.24, 2.45) is 0 Å². The smallest absolute Gasteiger partial charge is 0.0862 e. The summed E-state index contributed by atoms with van der Waals surface area (Å²) >= 11 is 1.88. The van der Waals surface area contributed by atoms with Gasteiger partial charge in [-0.25, -0.2) is 0 Å². The molecule has 1 heterocycles. The number of benzene rings is 2. The summed E-state index contributed by atoms with van der Waals surface area (Å²) in [5, 5.41) is 3.76. The van der Waals surface area contributed by atoms with Gasteiger partial charge in [-0.2, -0.15) is 0 Å². The molecule has 0 bridgehead atoms. The molecule has 0 spiro atoms. The first-order valence-electron chi connectivity index (χ1n) is 7.02. The van der Waals surface area contributed by atoms with Gasteiger partial charge in [-0.15, -0.1) is 11.8 Å². The van der Waals surface area contributed by atoms with Gasteiger partial charge in [0.05, 0.1) is 18.0 Å². The van der Waals surface area contributed by atoms with E-state index in [1.165, 1.54) is 10.5 Å². The van der Waals surface area contributed by atoms with Crippen LogP contribution in [0, 0.1) is 0 Å². The predicted octanol–water partition coefficient (Wildman–Crippen LogP) is 3.51. The van der Waals surface area contributed by atoms with Gasteiger partial charge in [-0.1, -0.05) is 48.5 Å². The van der Waals surface area contributed by atoms with Crippen molar-refractivity contribution >= 4 is 11.8 Å². The van der Waals surface area contributed by atoms with E-state index < -0.39 is 0 Å². The van der Waals surface area contributed by atoms with Crippen LogP contribution < -0.4 is 5.32 Å². The standard InChI is InChI=1S/C17H19NOS/c1-3-7-14(8-4-1)17(16-13-18-11-12-19-16)20-15-9-5-2-6-10-15/h1-10,16-18H,11-13H2/t16-,17-/m1/s1. The Bertz CT molecular complexity index is 511. The molecule has 2 nitrogen and oxygen atoms in total. The normalized spacial score (nSPS) is 20.5. The summed E-state index contributed by atoms with van der Waals surface area (Å²) < 4.78 is 5.98. The van der Waals surface area contributed by atoms with E-state index in [9.17, 15) is 0 Å². The van der Waals surface area contributed by atoms with Crippen molar-refractivity contribution in [1.82, 2.24) is 5.32 Å². The Kier molecular flexibility index (Phi) is 4.74. The Morgan fingerprint density at radius 3 is 2.35 bits per heavy atom. The monoisotopic (exact) mass is 285 g/mol. The van der Waals surface area contributed by atoms with Gasteiger partial charge in [0.1, 0.15) is 0 Å². The Morgan fingerprint density at radius 2 is 1.70 bits per heavy atom. The molecule has 2 atom stereocenters. The van der Waals surface area contributed by atoms with E-state index in [0.717, 1.165) is 19.7 Å². The highest BCUT2D eigenvalue weighted by molar-refractivity contribution is 7.99. The number of rotatable bonds is 4. The third kappa shape index (κ3) is 3.42. The SMILES string of the molecule is c1ccc(S[C@H](c2ccccc2)[C@H]2CNCCO2)cc1. The lowest BCUT2D eigenvalue weighted by atomic mass is 10.1. The fourth-order valence-corrected chi connectivity index (χ4v) is 3.65. The Hall–Kier alpha value is -1.29. The quantitative estimate of drug-likeness (QED) is 0.869. The van der Waals surface area contributed by atoms with Crippen LogP contribution >= 0.6 is 11.8 Å². The van der Waals surface area contributed by atoms with Gasteiger partial charge >= 0.3 is 0 Å².